The van der Waals surface area contributed by atoms with Gasteiger partial charge in [0.25, 0.3) is 5.91 Å². The first kappa shape index (κ1) is 19.9. The van der Waals surface area contributed by atoms with Gasteiger partial charge in [-0.2, -0.15) is 13.2 Å². The van der Waals surface area contributed by atoms with Crippen molar-refractivity contribution in [2.24, 2.45) is 0 Å². The zero-order chi connectivity index (χ0) is 21.5. The molecule has 0 aliphatic heterocycles. The molecular formula is C20H13F5N4O. The minimum absolute atomic E-state index is 0.0312. The number of pyridine rings is 1. The molecule has 0 unspecified atom stereocenters. The quantitative estimate of drug-likeness (QED) is 0.630. The van der Waals surface area contributed by atoms with Gasteiger partial charge in [0.05, 0.1) is 36.0 Å². The molecule has 3 aromatic rings. The van der Waals surface area contributed by atoms with Crippen molar-refractivity contribution in [1.29, 1.82) is 0 Å². The molecule has 1 aromatic carbocycles. The van der Waals surface area contributed by atoms with Crippen molar-refractivity contribution < 1.29 is 26.7 Å². The van der Waals surface area contributed by atoms with E-state index in [-0.39, 0.29) is 17.1 Å². The molecule has 2 aromatic heterocycles. The Bertz CT molecular complexity index is 1110. The SMILES string of the molecule is O=C(Nc1cnc(-c2cc3c(cc2C(F)(F)F)CCC3)cn1)c1c(F)cncc1F. The first-order valence-corrected chi connectivity index (χ1v) is 8.90. The molecule has 0 saturated carbocycles. The summed E-state index contributed by atoms with van der Waals surface area (Å²) in [6.45, 7) is 0. The average molecular weight is 420 g/mol. The van der Waals surface area contributed by atoms with E-state index in [1.54, 1.807) is 0 Å². The summed E-state index contributed by atoms with van der Waals surface area (Å²) in [5.41, 5.74) is -0.301. The molecule has 0 spiro atoms. The second-order valence-electron chi connectivity index (χ2n) is 6.74. The number of hydrogen-bond donors (Lipinski definition) is 1. The van der Waals surface area contributed by atoms with E-state index >= 15 is 0 Å². The molecular weight excluding hydrogens is 407 g/mol. The molecule has 0 radical (unpaired) electrons. The Balaban J connectivity index is 1.64. The van der Waals surface area contributed by atoms with Gasteiger partial charge >= 0.3 is 6.18 Å². The summed E-state index contributed by atoms with van der Waals surface area (Å²) in [6.07, 6.45) is 0.951. The van der Waals surface area contributed by atoms with E-state index in [0.717, 1.165) is 30.4 Å². The molecule has 1 aliphatic carbocycles. The first-order valence-electron chi connectivity index (χ1n) is 8.90. The van der Waals surface area contributed by atoms with Gasteiger partial charge in [0.15, 0.2) is 17.5 Å². The van der Waals surface area contributed by atoms with E-state index in [9.17, 15) is 26.7 Å². The number of anilines is 1. The van der Waals surface area contributed by atoms with Crippen LogP contribution in [0.25, 0.3) is 11.3 Å². The lowest BCUT2D eigenvalue weighted by atomic mass is 9.97. The Morgan fingerprint density at radius 3 is 2.20 bits per heavy atom. The second-order valence-corrected chi connectivity index (χ2v) is 6.74. The van der Waals surface area contributed by atoms with Crippen molar-refractivity contribution in [1.82, 2.24) is 15.0 Å². The van der Waals surface area contributed by atoms with Crippen LogP contribution in [0.1, 0.15) is 33.5 Å². The number of nitrogens with one attached hydrogen (secondary N) is 1. The lowest BCUT2D eigenvalue weighted by molar-refractivity contribution is -0.137. The first-order chi connectivity index (χ1) is 14.2. The standard InChI is InChI=1S/C20H13F5N4O/c21-14-6-26-7-15(22)18(14)19(30)29-17-9-27-16(8-28-17)12-4-10-2-1-3-11(10)5-13(12)20(23,24)25/h4-9H,1-3H2,(H,28,29,30). The average Bonchev–Trinajstić information content (AvgIpc) is 3.14. The molecule has 0 fully saturated rings. The minimum atomic E-state index is -4.57. The minimum Gasteiger partial charge on any atom is -0.305 e. The molecule has 0 bridgehead atoms. The van der Waals surface area contributed by atoms with Gasteiger partial charge in [0, 0.05) is 5.56 Å². The Kier molecular flexibility index (Phi) is 4.92. The molecule has 30 heavy (non-hydrogen) atoms. The maximum Gasteiger partial charge on any atom is 0.417 e. The van der Waals surface area contributed by atoms with Gasteiger partial charge in [0.2, 0.25) is 0 Å². The van der Waals surface area contributed by atoms with E-state index in [1.807, 2.05) is 0 Å². The molecule has 10 heteroatoms. The van der Waals surface area contributed by atoms with Crippen LogP contribution in [0.15, 0.2) is 36.9 Å². The van der Waals surface area contributed by atoms with Crippen LogP contribution in [0, 0.1) is 11.6 Å². The number of benzene rings is 1. The highest BCUT2D eigenvalue weighted by atomic mass is 19.4. The van der Waals surface area contributed by atoms with E-state index < -0.39 is 34.8 Å². The number of alkyl halides is 3. The van der Waals surface area contributed by atoms with Crippen molar-refractivity contribution in [3.05, 3.63) is 70.8 Å². The summed E-state index contributed by atoms with van der Waals surface area (Å²) in [6, 6.07) is 2.61. The summed E-state index contributed by atoms with van der Waals surface area (Å²) in [5, 5.41) is 2.16. The van der Waals surface area contributed by atoms with E-state index in [4.69, 9.17) is 0 Å². The van der Waals surface area contributed by atoms with Crippen LogP contribution >= 0.6 is 0 Å². The summed E-state index contributed by atoms with van der Waals surface area (Å²) < 4.78 is 67.9. The Labute approximate surface area is 167 Å². The molecule has 2 heterocycles. The number of halogens is 5. The van der Waals surface area contributed by atoms with Crippen LogP contribution in [0.4, 0.5) is 27.8 Å². The highest BCUT2D eigenvalue weighted by molar-refractivity contribution is 6.04. The number of rotatable bonds is 3. The maximum atomic E-state index is 13.6. The molecule has 0 atom stereocenters. The lowest BCUT2D eigenvalue weighted by Gasteiger charge is -2.15. The highest BCUT2D eigenvalue weighted by Gasteiger charge is 2.35. The third-order valence-electron chi connectivity index (χ3n) is 4.79. The third kappa shape index (κ3) is 3.72. The predicted molar refractivity (Wildman–Crippen MR) is 96.6 cm³/mol. The number of hydrogen-bond acceptors (Lipinski definition) is 4. The predicted octanol–water partition coefficient (Wildman–Crippen LogP) is 4.58. The van der Waals surface area contributed by atoms with E-state index in [2.05, 4.69) is 20.3 Å². The van der Waals surface area contributed by atoms with Gasteiger partial charge in [-0.25, -0.2) is 13.8 Å². The van der Waals surface area contributed by atoms with Gasteiger partial charge in [-0.1, -0.05) is 0 Å². The fourth-order valence-corrected chi connectivity index (χ4v) is 3.41. The number of amides is 1. The number of fused-ring (bicyclic) bond motifs is 1. The molecule has 1 N–H and O–H groups in total. The fraction of sp³-hybridized carbons (Fsp3) is 0.200. The van der Waals surface area contributed by atoms with Gasteiger partial charge in [-0.15, -0.1) is 0 Å². The summed E-state index contributed by atoms with van der Waals surface area (Å²) in [7, 11) is 0. The maximum absolute atomic E-state index is 13.6. The Hall–Kier alpha value is -3.43. The van der Waals surface area contributed by atoms with Crippen molar-refractivity contribution in [2.75, 3.05) is 5.32 Å². The smallest absolute Gasteiger partial charge is 0.305 e. The van der Waals surface area contributed by atoms with Crippen LogP contribution in [-0.2, 0) is 19.0 Å². The molecule has 0 saturated heterocycles. The largest absolute Gasteiger partial charge is 0.417 e. The summed E-state index contributed by atoms with van der Waals surface area (Å²) in [5.74, 6) is -3.62. The number of aromatic nitrogens is 3. The van der Waals surface area contributed by atoms with Crippen LogP contribution in [-0.4, -0.2) is 20.9 Å². The third-order valence-corrected chi connectivity index (χ3v) is 4.79. The van der Waals surface area contributed by atoms with Crippen molar-refractivity contribution in [2.45, 2.75) is 25.4 Å². The Morgan fingerprint density at radius 1 is 0.933 bits per heavy atom. The van der Waals surface area contributed by atoms with Gasteiger partial charge in [-0.05, 0) is 42.5 Å². The molecule has 1 amide bonds. The molecule has 4 rings (SSSR count). The number of nitrogens with zero attached hydrogens (tertiary/aromatic N) is 3. The van der Waals surface area contributed by atoms with Crippen LogP contribution in [0.2, 0.25) is 0 Å². The molecule has 5 nitrogen and oxygen atoms in total. The molecule has 154 valence electrons. The van der Waals surface area contributed by atoms with Crippen molar-refractivity contribution in [3.63, 3.8) is 0 Å². The monoisotopic (exact) mass is 420 g/mol. The van der Waals surface area contributed by atoms with Gasteiger partial charge in [0.1, 0.15) is 5.56 Å². The normalized spacial score (nSPS) is 13.2. The second kappa shape index (κ2) is 7.43. The summed E-state index contributed by atoms with van der Waals surface area (Å²) >= 11 is 0. The van der Waals surface area contributed by atoms with Crippen LogP contribution in [0.3, 0.4) is 0 Å². The van der Waals surface area contributed by atoms with Crippen LogP contribution < -0.4 is 5.32 Å². The fourth-order valence-electron chi connectivity index (χ4n) is 3.41. The van der Waals surface area contributed by atoms with E-state index in [1.165, 1.54) is 6.07 Å². The zero-order valence-corrected chi connectivity index (χ0v) is 15.2. The molecule has 1 aliphatic rings. The van der Waals surface area contributed by atoms with Gasteiger partial charge < -0.3 is 5.32 Å². The Morgan fingerprint density at radius 2 is 1.60 bits per heavy atom. The summed E-state index contributed by atoms with van der Waals surface area (Å²) in [4.78, 5) is 23.2. The van der Waals surface area contributed by atoms with Crippen molar-refractivity contribution in [3.8, 4) is 11.3 Å². The van der Waals surface area contributed by atoms with Gasteiger partial charge in [-0.3, -0.25) is 14.8 Å². The van der Waals surface area contributed by atoms with E-state index in [0.29, 0.717) is 30.8 Å². The lowest BCUT2D eigenvalue weighted by Crippen LogP contribution is -2.17. The zero-order valence-electron chi connectivity index (χ0n) is 15.2. The van der Waals surface area contributed by atoms with Crippen LogP contribution in [0.5, 0.6) is 0 Å². The number of carbonyl (C=O) groups excluding carboxylic acids is 1. The van der Waals surface area contributed by atoms with Crippen molar-refractivity contribution >= 4 is 11.7 Å². The highest BCUT2D eigenvalue weighted by Crippen LogP contribution is 2.40. The number of aryl methyl sites for hydroxylation is 2. The topological polar surface area (TPSA) is 67.8 Å². The number of carbonyl (C=O) groups is 1.